The van der Waals surface area contributed by atoms with E-state index in [2.05, 4.69) is 0 Å². The molecule has 1 heterocycles. The highest BCUT2D eigenvalue weighted by molar-refractivity contribution is 6.11. The SMILES string of the molecule is CC(C)N1C(=O)C(O)(CC(=O)c2ccccc2)c2ccccc21. The van der Waals surface area contributed by atoms with Crippen molar-refractivity contribution in [2.45, 2.75) is 31.9 Å². The van der Waals surface area contributed by atoms with Crippen molar-refractivity contribution < 1.29 is 14.7 Å². The molecule has 1 aliphatic rings. The van der Waals surface area contributed by atoms with Gasteiger partial charge in [-0.2, -0.15) is 0 Å². The van der Waals surface area contributed by atoms with Gasteiger partial charge in [0.1, 0.15) is 0 Å². The van der Waals surface area contributed by atoms with Crippen LogP contribution in [0.1, 0.15) is 36.2 Å². The van der Waals surface area contributed by atoms with Crippen molar-refractivity contribution in [2.24, 2.45) is 0 Å². The highest BCUT2D eigenvalue weighted by Crippen LogP contribution is 2.43. The van der Waals surface area contributed by atoms with E-state index in [1.165, 1.54) is 0 Å². The number of aliphatic hydroxyl groups is 1. The maximum atomic E-state index is 12.8. The van der Waals surface area contributed by atoms with Crippen LogP contribution in [0.4, 0.5) is 5.69 Å². The second kappa shape index (κ2) is 5.63. The summed E-state index contributed by atoms with van der Waals surface area (Å²) in [6.07, 6.45) is -0.254. The van der Waals surface area contributed by atoms with Crippen molar-refractivity contribution in [3.63, 3.8) is 0 Å². The summed E-state index contributed by atoms with van der Waals surface area (Å²) in [5, 5.41) is 11.1. The molecule has 0 spiro atoms. The molecule has 1 aliphatic heterocycles. The molecule has 0 fully saturated rings. The van der Waals surface area contributed by atoms with Crippen LogP contribution in [0, 0.1) is 0 Å². The third kappa shape index (κ3) is 2.45. The van der Waals surface area contributed by atoms with Crippen molar-refractivity contribution in [3.05, 3.63) is 65.7 Å². The second-order valence-corrected chi connectivity index (χ2v) is 6.11. The quantitative estimate of drug-likeness (QED) is 0.884. The van der Waals surface area contributed by atoms with Crippen molar-refractivity contribution in [1.82, 2.24) is 0 Å². The van der Waals surface area contributed by atoms with Gasteiger partial charge in [0.2, 0.25) is 0 Å². The van der Waals surface area contributed by atoms with Crippen LogP contribution in [0.3, 0.4) is 0 Å². The second-order valence-electron chi connectivity index (χ2n) is 6.11. The molecule has 1 unspecified atom stereocenters. The summed E-state index contributed by atoms with van der Waals surface area (Å²) < 4.78 is 0. The third-order valence-electron chi connectivity index (χ3n) is 4.21. The van der Waals surface area contributed by atoms with Crippen molar-refractivity contribution in [3.8, 4) is 0 Å². The summed E-state index contributed by atoms with van der Waals surface area (Å²) >= 11 is 0. The Balaban J connectivity index is 2.01. The van der Waals surface area contributed by atoms with Crippen LogP contribution in [0.15, 0.2) is 54.6 Å². The molecule has 1 atom stereocenters. The Labute approximate surface area is 135 Å². The predicted molar refractivity (Wildman–Crippen MR) is 88.4 cm³/mol. The molecule has 1 amide bonds. The number of para-hydroxylation sites is 1. The number of amides is 1. The van der Waals surface area contributed by atoms with Gasteiger partial charge in [0, 0.05) is 17.2 Å². The van der Waals surface area contributed by atoms with Crippen LogP contribution < -0.4 is 4.90 Å². The lowest BCUT2D eigenvalue weighted by molar-refractivity contribution is -0.136. The summed E-state index contributed by atoms with van der Waals surface area (Å²) in [7, 11) is 0. The Morgan fingerprint density at radius 1 is 1.09 bits per heavy atom. The number of hydrogen-bond donors (Lipinski definition) is 1. The van der Waals surface area contributed by atoms with Gasteiger partial charge in [-0.1, -0.05) is 48.5 Å². The van der Waals surface area contributed by atoms with Crippen molar-refractivity contribution in [1.29, 1.82) is 0 Å². The topological polar surface area (TPSA) is 57.6 Å². The standard InChI is InChI=1S/C19H19NO3/c1-13(2)20-16-11-7-6-10-15(16)19(23,18(20)22)12-17(21)14-8-4-3-5-9-14/h3-11,13,23H,12H2,1-2H3. The van der Waals surface area contributed by atoms with E-state index in [4.69, 9.17) is 0 Å². The first-order valence-electron chi connectivity index (χ1n) is 7.69. The van der Waals surface area contributed by atoms with Gasteiger partial charge in [-0.05, 0) is 19.9 Å². The Bertz CT molecular complexity index is 754. The van der Waals surface area contributed by atoms with E-state index in [0.29, 0.717) is 16.8 Å². The number of hydrogen-bond acceptors (Lipinski definition) is 3. The number of carbonyl (C=O) groups is 2. The van der Waals surface area contributed by atoms with Gasteiger partial charge in [0.15, 0.2) is 11.4 Å². The van der Waals surface area contributed by atoms with E-state index >= 15 is 0 Å². The predicted octanol–water partition coefficient (Wildman–Crippen LogP) is 2.90. The summed E-state index contributed by atoms with van der Waals surface area (Å²) in [5.41, 5.74) is -0.124. The normalized spacial score (nSPS) is 20.0. The lowest BCUT2D eigenvalue weighted by Gasteiger charge is -2.25. The minimum Gasteiger partial charge on any atom is -0.375 e. The molecule has 2 aromatic rings. The van der Waals surface area contributed by atoms with Gasteiger partial charge in [-0.15, -0.1) is 0 Å². The van der Waals surface area contributed by atoms with Crippen LogP contribution in [-0.4, -0.2) is 22.8 Å². The molecule has 4 nitrogen and oxygen atoms in total. The first-order valence-corrected chi connectivity index (χ1v) is 7.69. The number of anilines is 1. The number of ketones is 1. The van der Waals surface area contributed by atoms with Crippen LogP contribution in [0.2, 0.25) is 0 Å². The van der Waals surface area contributed by atoms with Gasteiger partial charge in [-0.25, -0.2) is 0 Å². The lowest BCUT2D eigenvalue weighted by Crippen LogP contribution is -2.44. The number of benzene rings is 2. The van der Waals surface area contributed by atoms with E-state index < -0.39 is 11.5 Å². The van der Waals surface area contributed by atoms with Gasteiger partial charge in [-0.3, -0.25) is 9.59 Å². The van der Waals surface area contributed by atoms with Crippen LogP contribution in [0.5, 0.6) is 0 Å². The highest BCUT2D eigenvalue weighted by Gasteiger charge is 2.51. The zero-order valence-electron chi connectivity index (χ0n) is 13.2. The van der Waals surface area contributed by atoms with Crippen LogP contribution >= 0.6 is 0 Å². The number of carbonyl (C=O) groups excluding carboxylic acids is 2. The zero-order chi connectivity index (χ0) is 16.6. The molecule has 23 heavy (non-hydrogen) atoms. The first-order chi connectivity index (χ1) is 10.9. The molecule has 0 saturated heterocycles. The molecule has 0 aromatic heterocycles. The molecule has 0 radical (unpaired) electrons. The maximum Gasteiger partial charge on any atom is 0.264 e. The van der Waals surface area contributed by atoms with E-state index in [9.17, 15) is 14.7 Å². The number of nitrogens with zero attached hydrogens (tertiary/aromatic N) is 1. The summed E-state index contributed by atoms with van der Waals surface area (Å²) in [6, 6.07) is 15.8. The minimum atomic E-state index is -1.80. The molecule has 0 saturated carbocycles. The Morgan fingerprint density at radius 2 is 1.70 bits per heavy atom. The third-order valence-corrected chi connectivity index (χ3v) is 4.21. The van der Waals surface area contributed by atoms with Crippen LogP contribution in [-0.2, 0) is 10.4 Å². The van der Waals surface area contributed by atoms with Gasteiger partial charge < -0.3 is 10.0 Å². The highest BCUT2D eigenvalue weighted by atomic mass is 16.3. The average molecular weight is 309 g/mol. The largest absolute Gasteiger partial charge is 0.375 e. The molecule has 1 N–H and O–H groups in total. The van der Waals surface area contributed by atoms with E-state index in [1.807, 2.05) is 26.0 Å². The zero-order valence-corrected chi connectivity index (χ0v) is 13.2. The molecule has 2 aromatic carbocycles. The maximum absolute atomic E-state index is 12.8. The molecular weight excluding hydrogens is 290 g/mol. The fourth-order valence-corrected chi connectivity index (χ4v) is 3.10. The molecule has 3 rings (SSSR count). The number of rotatable bonds is 4. The molecule has 118 valence electrons. The minimum absolute atomic E-state index is 0.0931. The van der Waals surface area contributed by atoms with Crippen LogP contribution in [0.25, 0.3) is 0 Å². The Morgan fingerprint density at radius 3 is 2.35 bits per heavy atom. The fourth-order valence-electron chi connectivity index (χ4n) is 3.10. The van der Waals surface area contributed by atoms with E-state index in [-0.39, 0.29) is 18.2 Å². The van der Waals surface area contributed by atoms with Crippen molar-refractivity contribution in [2.75, 3.05) is 4.90 Å². The van der Waals surface area contributed by atoms with Crippen molar-refractivity contribution >= 4 is 17.4 Å². The summed E-state index contributed by atoms with van der Waals surface area (Å²) in [5.74, 6) is -0.681. The molecule has 4 heteroatoms. The summed E-state index contributed by atoms with van der Waals surface area (Å²) in [6.45, 7) is 3.78. The fraction of sp³-hybridized carbons (Fsp3) is 0.263. The smallest absolute Gasteiger partial charge is 0.264 e. The first kappa shape index (κ1) is 15.4. The molecular formula is C19H19NO3. The lowest BCUT2D eigenvalue weighted by atomic mass is 9.88. The average Bonchev–Trinajstić information content (AvgIpc) is 2.77. The molecule has 0 bridgehead atoms. The molecule has 0 aliphatic carbocycles. The Kier molecular flexibility index (Phi) is 3.78. The monoisotopic (exact) mass is 309 g/mol. The number of Topliss-reactive ketones (excluding diaryl/α,β-unsaturated/α-hetero) is 1. The van der Waals surface area contributed by atoms with Gasteiger partial charge >= 0.3 is 0 Å². The summed E-state index contributed by atoms with van der Waals surface area (Å²) in [4.78, 5) is 26.9. The number of fused-ring (bicyclic) bond motifs is 1. The van der Waals surface area contributed by atoms with E-state index in [0.717, 1.165) is 0 Å². The van der Waals surface area contributed by atoms with Gasteiger partial charge in [0.25, 0.3) is 5.91 Å². The Hall–Kier alpha value is -2.46. The van der Waals surface area contributed by atoms with Gasteiger partial charge in [0.05, 0.1) is 12.1 Å². The van der Waals surface area contributed by atoms with E-state index in [1.54, 1.807) is 47.4 Å².